The van der Waals surface area contributed by atoms with Crippen molar-refractivity contribution in [2.24, 2.45) is 11.8 Å². The van der Waals surface area contributed by atoms with Gasteiger partial charge < -0.3 is 10.1 Å². The van der Waals surface area contributed by atoms with Crippen LogP contribution in [0.5, 0.6) is 0 Å². The summed E-state index contributed by atoms with van der Waals surface area (Å²) in [4.78, 5) is 2.49. The number of hydrogen-bond donors (Lipinski definition) is 1. The molecule has 3 nitrogen and oxygen atoms in total. The Labute approximate surface area is 114 Å². The van der Waals surface area contributed by atoms with Crippen molar-refractivity contribution in [1.29, 1.82) is 0 Å². The maximum Gasteiger partial charge on any atom is 0.0589 e. The molecule has 0 saturated heterocycles. The maximum absolute atomic E-state index is 5.16. The summed E-state index contributed by atoms with van der Waals surface area (Å²) in [5.74, 6) is 1.55. The first kappa shape index (κ1) is 17.9. The molecule has 3 heteroatoms. The van der Waals surface area contributed by atoms with Gasteiger partial charge in [0, 0.05) is 33.3 Å². The lowest BCUT2D eigenvalue weighted by Crippen LogP contribution is -2.37. The Hall–Kier alpha value is -0.120. The Balaban J connectivity index is 3.55. The monoisotopic (exact) mass is 258 g/mol. The lowest BCUT2D eigenvalue weighted by atomic mass is 10.1. The maximum atomic E-state index is 5.16. The lowest BCUT2D eigenvalue weighted by Gasteiger charge is -2.24. The molecule has 0 aliphatic rings. The molecule has 0 amide bonds. The Morgan fingerprint density at radius 3 is 2.28 bits per heavy atom. The second kappa shape index (κ2) is 11.9. The largest absolute Gasteiger partial charge is 0.383 e. The standard InChI is InChI=1S/C15H34N2O/c1-14(2)7-6-8-16-9-10-17(11-12-18-5)13-15(3)4/h14-16H,6-13H2,1-5H3. The third-order valence-electron chi connectivity index (χ3n) is 2.97. The van der Waals surface area contributed by atoms with Crippen molar-refractivity contribution in [1.82, 2.24) is 10.2 Å². The third-order valence-corrected chi connectivity index (χ3v) is 2.97. The fourth-order valence-corrected chi connectivity index (χ4v) is 2.03. The molecule has 0 heterocycles. The molecule has 1 N–H and O–H groups in total. The van der Waals surface area contributed by atoms with E-state index in [1.807, 2.05) is 0 Å². The molecule has 18 heavy (non-hydrogen) atoms. The molecular formula is C15H34N2O. The molecule has 0 saturated carbocycles. The van der Waals surface area contributed by atoms with Crippen molar-refractivity contribution < 1.29 is 4.74 Å². The summed E-state index contributed by atoms with van der Waals surface area (Å²) in [5.41, 5.74) is 0. The van der Waals surface area contributed by atoms with Crippen LogP contribution in [0.4, 0.5) is 0 Å². The van der Waals surface area contributed by atoms with Gasteiger partial charge in [0.25, 0.3) is 0 Å². The molecule has 0 rings (SSSR count). The number of nitrogens with zero attached hydrogens (tertiary/aromatic N) is 1. The minimum atomic E-state index is 0.725. The Morgan fingerprint density at radius 1 is 1.00 bits per heavy atom. The Morgan fingerprint density at radius 2 is 1.72 bits per heavy atom. The predicted octanol–water partition coefficient (Wildman–Crippen LogP) is 2.62. The van der Waals surface area contributed by atoms with Crippen LogP contribution in [0.15, 0.2) is 0 Å². The highest BCUT2D eigenvalue weighted by molar-refractivity contribution is 4.62. The van der Waals surface area contributed by atoms with Crippen molar-refractivity contribution in [3.05, 3.63) is 0 Å². The fourth-order valence-electron chi connectivity index (χ4n) is 2.03. The molecule has 0 aromatic carbocycles. The van der Waals surface area contributed by atoms with Crippen LogP contribution in [0, 0.1) is 11.8 Å². The molecule has 0 aromatic heterocycles. The minimum absolute atomic E-state index is 0.725. The Kier molecular flexibility index (Phi) is 11.9. The van der Waals surface area contributed by atoms with Crippen molar-refractivity contribution in [2.45, 2.75) is 40.5 Å². The number of methoxy groups -OCH3 is 1. The van der Waals surface area contributed by atoms with Gasteiger partial charge in [-0.3, -0.25) is 4.90 Å². The summed E-state index contributed by atoms with van der Waals surface area (Å²) >= 11 is 0. The smallest absolute Gasteiger partial charge is 0.0589 e. The van der Waals surface area contributed by atoms with Gasteiger partial charge in [0.1, 0.15) is 0 Å². The number of nitrogens with one attached hydrogen (secondary N) is 1. The molecule has 0 spiro atoms. The summed E-state index contributed by atoms with van der Waals surface area (Å²) in [6.45, 7) is 15.5. The van der Waals surface area contributed by atoms with Crippen LogP contribution >= 0.6 is 0 Å². The van der Waals surface area contributed by atoms with Crippen LogP contribution in [0.1, 0.15) is 40.5 Å². The van der Waals surface area contributed by atoms with Crippen LogP contribution in [0.25, 0.3) is 0 Å². The molecular weight excluding hydrogens is 224 g/mol. The van der Waals surface area contributed by atoms with Crippen LogP contribution in [0.3, 0.4) is 0 Å². The second-order valence-electron chi connectivity index (χ2n) is 5.97. The molecule has 0 bridgehead atoms. The highest BCUT2D eigenvalue weighted by Crippen LogP contribution is 2.01. The summed E-state index contributed by atoms with van der Waals surface area (Å²) in [6.07, 6.45) is 2.62. The van der Waals surface area contributed by atoms with Crippen molar-refractivity contribution in [2.75, 3.05) is 46.4 Å². The first-order valence-electron chi connectivity index (χ1n) is 7.48. The van der Waals surface area contributed by atoms with Gasteiger partial charge in [-0.05, 0) is 31.2 Å². The van der Waals surface area contributed by atoms with E-state index in [0.717, 1.165) is 51.2 Å². The Bertz CT molecular complexity index is 172. The van der Waals surface area contributed by atoms with Gasteiger partial charge in [-0.2, -0.15) is 0 Å². The van der Waals surface area contributed by atoms with Gasteiger partial charge in [-0.25, -0.2) is 0 Å². The van der Waals surface area contributed by atoms with Crippen LogP contribution < -0.4 is 5.32 Å². The number of rotatable bonds is 12. The van der Waals surface area contributed by atoms with E-state index < -0.39 is 0 Å². The fraction of sp³-hybridized carbons (Fsp3) is 1.00. The highest BCUT2D eigenvalue weighted by atomic mass is 16.5. The zero-order valence-corrected chi connectivity index (χ0v) is 13.2. The van der Waals surface area contributed by atoms with Crippen LogP contribution in [-0.2, 0) is 4.74 Å². The van der Waals surface area contributed by atoms with Crippen molar-refractivity contribution in [3.63, 3.8) is 0 Å². The van der Waals surface area contributed by atoms with E-state index in [4.69, 9.17) is 4.74 Å². The molecule has 0 aliphatic heterocycles. The third kappa shape index (κ3) is 12.3. The molecule has 0 radical (unpaired) electrons. The van der Waals surface area contributed by atoms with E-state index in [9.17, 15) is 0 Å². The molecule has 0 aromatic rings. The van der Waals surface area contributed by atoms with Gasteiger partial charge in [0.05, 0.1) is 6.61 Å². The van der Waals surface area contributed by atoms with E-state index in [0.29, 0.717) is 0 Å². The number of ether oxygens (including phenoxy) is 1. The molecule has 0 atom stereocenters. The van der Waals surface area contributed by atoms with Crippen LogP contribution in [-0.4, -0.2) is 51.3 Å². The summed E-state index contributed by atoms with van der Waals surface area (Å²) in [5, 5.41) is 3.54. The van der Waals surface area contributed by atoms with E-state index in [-0.39, 0.29) is 0 Å². The normalized spacial score (nSPS) is 12.0. The minimum Gasteiger partial charge on any atom is -0.383 e. The van der Waals surface area contributed by atoms with Gasteiger partial charge in [-0.1, -0.05) is 27.7 Å². The van der Waals surface area contributed by atoms with Gasteiger partial charge in [0.2, 0.25) is 0 Å². The van der Waals surface area contributed by atoms with Crippen molar-refractivity contribution in [3.8, 4) is 0 Å². The first-order valence-corrected chi connectivity index (χ1v) is 7.48. The first-order chi connectivity index (χ1) is 8.56. The van der Waals surface area contributed by atoms with E-state index in [2.05, 4.69) is 37.9 Å². The molecule has 110 valence electrons. The summed E-state index contributed by atoms with van der Waals surface area (Å²) < 4.78 is 5.16. The van der Waals surface area contributed by atoms with Gasteiger partial charge in [-0.15, -0.1) is 0 Å². The zero-order valence-electron chi connectivity index (χ0n) is 13.2. The zero-order chi connectivity index (χ0) is 13.8. The molecule has 0 unspecified atom stereocenters. The van der Waals surface area contributed by atoms with E-state index in [1.165, 1.54) is 12.8 Å². The SMILES string of the molecule is COCCN(CCNCCCC(C)C)CC(C)C. The average Bonchev–Trinajstić information content (AvgIpc) is 2.29. The van der Waals surface area contributed by atoms with E-state index >= 15 is 0 Å². The molecule has 0 aliphatic carbocycles. The quantitative estimate of drug-likeness (QED) is 0.545. The second-order valence-corrected chi connectivity index (χ2v) is 5.97. The summed E-state index contributed by atoms with van der Waals surface area (Å²) in [7, 11) is 1.78. The number of hydrogen-bond acceptors (Lipinski definition) is 3. The van der Waals surface area contributed by atoms with Gasteiger partial charge >= 0.3 is 0 Å². The van der Waals surface area contributed by atoms with Crippen LogP contribution in [0.2, 0.25) is 0 Å². The lowest BCUT2D eigenvalue weighted by molar-refractivity contribution is 0.140. The average molecular weight is 258 g/mol. The van der Waals surface area contributed by atoms with Gasteiger partial charge in [0.15, 0.2) is 0 Å². The van der Waals surface area contributed by atoms with E-state index in [1.54, 1.807) is 7.11 Å². The van der Waals surface area contributed by atoms with Crippen molar-refractivity contribution >= 4 is 0 Å². The molecule has 0 fully saturated rings. The summed E-state index contributed by atoms with van der Waals surface area (Å²) in [6, 6.07) is 0. The predicted molar refractivity (Wildman–Crippen MR) is 80.1 cm³/mol. The highest BCUT2D eigenvalue weighted by Gasteiger charge is 2.06. The topological polar surface area (TPSA) is 24.5 Å².